The second-order valence-electron chi connectivity index (χ2n) is 7.46. The average Bonchev–Trinajstić information content (AvgIpc) is 3.26. The van der Waals surface area contributed by atoms with Gasteiger partial charge in [0.05, 0.1) is 36.3 Å². The van der Waals surface area contributed by atoms with Crippen LogP contribution < -0.4 is 14.8 Å². The Balaban J connectivity index is 1.47. The predicted octanol–water partition coefficient (Wildman–Crippen LogP) is 5.95. The summed E-state index contributed by atoms with van der Waals surface area (Å²) >= 11 is 0. The minimum absolute atomic E-state index is 0.477. The number of hydrogen-bond donors (Lipinski definition) is 2. The van der Waals surface area contributed by atoms with E-state index >= 15 is 0 Å². The van der Waals surface area contributed by atoms with Crippen molar-refractivity contribution in [3.8, 4) is 22.9 Å². The lowest BCUT2D eigenvalue weighted by atomic mass is 10.1. The Morgan fingerprint density at radius 3 is 2.29 bits per heavy atom. The number of aromatic nitrogens is 4. The Morgan fingerprint density at radius 2 is 1.59 bits per heavy atom. The summed E-state index contributed by atoms with van der Waals surface area (Å²) < 4.78 is 49.2. The summed E-state index contributed by atoms with van der Waals surface area (Å²) in [5.74, 6) is 2.17. The lowest BCUT2D eigenvalue weighted by Gasteiger charge is -2.12. The van der Waals surface area contributed by atoms with E-state index in [1.807, 2.05) is 18.2 Å². The van der Waals surface area contributed by atoms with E-state index < -0.39 is 11.7 Å². The molecule has 2 N–H and O–H groups in total. The molecule has 7 nitrogen and oxygen atoms in total. The Hall–Kier alpha value is -4.34. The maximum Gasteiger partial charge on any atom is 0.416 e. The van der Waals surface area contributed by atoms with Gasteiger partial charge in [-0.15, -0.1) is 0 Å². The Bertz CT molecular complexity index is 1500. The molecule has 0 saturated heterocycles. The zero-order valence-corrected chi connectivity index (χ0v) is 18.1. The fraction of sp³-hybridized carbons (Fsp3) is 0.125. The number of anilines is 2. The molecule has 3 aromatic carbocycles. The molecule has 0 saturated carbocycles. The van der Waals surface area contributed by atoms with Gasteiger partial charge < -0.3 is 19.8 Å². The van der Waals surface area contributed by atoms with Crippen LogP contribution in [0.4, 0.5) is 24.7 Å². The molecule has 172 valence electrons. The number of nitrogens with one attached hydrogen (secondary N) is 2. The number of benzene rings is 3. The van der Waals surface area contributed by atoms with Crippen LogP contribution in [-0.2, 0) is 6.18 Å². The number of rotatable bonds is 5. The quantitative estimate of drug-likeness (QED) is 0.334. The van der Waals surface area contributed by atoms with Crippen molar-refractivity contribution in [3.63, 3.8) is 0 Å². The zero-order valence-electron chi connectivity index (χ0n) is 18.1. The topological polar surface area (TPSA) is 85.0 Å². The third-order valence-electron chi connectivity index (χ3n) is 5.37. The van der Waals surface area contributed by atoms with Crippen LogP contribution in [0.25, 0.3) is 33.3 Å². The number of aromatic amines is 1. The largest absolute Gasteiger partial charge is 0.493 e. The highest BCUT2D eigenvalue weighted by atomic mass is 19.4. The van der Waals surface area contributed by atoms with Gasteiger partial charge in [0.25, 0.3) is 0 Å². The van der Waals surface area contributed by atoms with Crippen LogP contribution in [0.15, 0.2) is 60.9 Å². The molecule has 0 atom stereocenters. The van der Waals surface area contributed by atoms with Crippen LogP contribution in [-0.4, -0.2) is 34.2 Å². The van der Waals surface area contributed by atoms with Crippen molar-refractivity contribution in [1.29, 1.82) is 0 Å². The molecule has 0 bridgehead atoms. The summed E-state index contributed by atoms with van der Waals surface area (Å²) in [6.07, 6.45) is -2.93. The predicted molar refractivity (Wildman–Crippen MR) is 122 cm³/mol. The fourth-order valence-corrected chi connectivity index (χ4v) is 3.66. The lowest BCUT2D eigenvalue weighted by molar-refractivity contribution is -0.137. The summed E-state index contributed by atoms with van der Waals surface area (Å²) in [5, 5.41) is 4.03. The smallest absolute Gasteiger partial charge is 0.416 e. The van der Waals surface area contributed by atoms with E-state index in [1.165, 1.54) is 18.5 Å². The average molecular weight is 465 g/mol. The molecule has 5 rings (SSSR count). The maximum atomic E-state index is 12.8. The molecule has 5 aromatic rings. The summed E-state index contributed by atoms with van der Waals surface area (Å²) in [6, 6.07) is 14.0. The second-order valence-corrected chi connectivity index (χ2v) is 7.46. The van der Waals surface area contributed by atoms with Crippen LogP contribution >= 0.6 is 0 Å². The van der Waals surface area contributed by atoms with Crippen LogP contribution in [0.3, 0.4) is 0 Å². The van der Waals surface area contributed by atoms with Crippen LogP contribution in [0, 0.1) is 0 Å². The van der Waals surface area contributed by atoms with E-state index in [9.17, 15) is 13.2 Å². The number of halogens is 3. The molecule has 2 aromatic heterocycles. The first-order valence-electron chi connectivity index (χ1n) is 10.2. The Morgan fingerprint density at radius 1 is 0.853 bits per heavy atom. The first-order chi connectivity index (χ1) is 16.4. The van der Waals surface area contributed by atoms with Gasteiger partial charge in [-0.2, -0.15) is 13.2 Å². The minimum Gasteiger partial charge on any atom is -0.493 e. The van der Waals surface area contributed by atoms with Crippen molar-refractivity contribution in [1.82, 2.24) is 19.9 Å². The zero-order chi connectivity index (χ0) is 23.9. The van der Waals surface area contributed by atoms with Gasteiger partial charge in [-0.25, -0.2) is 15.0 Å². The van der Waals surface area contributed by atoms with E-state index in [0.29, 0.717) is 39.7 Å². The molecule has 0 aliphatic rings. The van der Waals surface area contributed by atoms with E-state index in [2.05, 4.69) is 25.3 Å². The Kier molecular flexibility index (Phi) is 5.20. The maximum absolute atomic E-state index is 12.8. The number of imidazole rings is 1. The van der Waals surface area contributed by atoms with Gasteiger partial charge >= 0.3 is 6.18 Å². The van der Waals surface area contributed by atoms with E-state index in [0.717, 1.165) is 28.7 Å². The number of ether oxygens (including phenoxy) is 2. The number of nitrogens with zero attached hydrogens (tertiary/aromatic N) is 3. The van der Waals surface area contributed by atoms with Crippen LogP contribution in [0.1, 0.15) is 5.56 Å². The van der Waals surface area contributed by atoms with Gasteiger partial charge in [0.1, 0.15) is 18.0 Å². The van der Waals surface area contributed by atoms with Crippen LogP contribution in [0.2, 0.25) is 0 Å². The summed E-state index contributed by atoms with van der Waals surface area (Å²) in [5.41, 5.74) is 2.68. The van der Waals surface area contributed by atoms with Crippen molar-refractivity contribution in [2.24, 2.45) is 0 Å². The lowest BCUT2D eigenvalue weighted by Crippen LogP contribution is -2.04. The van der Waals surface area contributed by atoms with Crippen LogP contribution in [0.5, 0.6) is 11.5 Å². The molecule has 0 amide bonds. The third-order valence-corrected chi connectivity index (χ3v) is 5.37. The van der Waals surface area contributed by atoms with Crippen molar-refractivity contribution >= 4 is 33.4 Å². The van der Waals surface area contributed by atoms with Crippen molar-refractivity contribution < 1.29 is 22.6 Å². The van der Waals surface area contributed by atoms with E-state index in [-0.39, 0.29) is 0 Å². The molecule has 10 heteroatoms. The van der Waals surface area contributed by atoms with Gasteiger partial charge in [0.15, 0.2) is 11.5 Å². The molecular weight excluding hydrogens is 447 g/mol. The molecule has 0 unspecified atom stereocenters. The number of alkyl halides is 3. The highest BCUT2D eigenvalue weighted by Crippen LogP contribution is 2.35. The van der Waals surface area contributed by atoms with Crippen molar-refractivity contribution in [3.05, 3.63) is 66.5 Å². The summed E-state index contributed by atoms with van der Waals surface area (Å²) in [7, 11) is 3.11. The van der Waals surface area contributed by atoms with Gasteiger partial charge in [0.2, 0.25) is 0 Å². The monoisotopic (exact) mass is 465 g/mol. The summed E-state index contributed by atoms with van der Waals surface area (Å²) in [4.78, 5) is 16.3. The Labute approximate surface area is 191 Å². The molecule has 0 fully saturated rings. The van der Waals surface area contributed by atoms with Gasteiger partial charge in [-0.05, 0) is 36.4 Å². The number of methoxy groups -OCH3 is 2. The van der Waals surface area contributed by atoms with Gasteiger partial charge in [-0.1, -0.05) is 12.1 Å². The number of hydrogen-bond acceptors (Lipinski definition) is 6. The van der Waals surface area contributed by atoms with E-state index in [4.69, 9.17) is 9.47 Å². The highest BCUT2D eigenvalue weighted by Gasteiger charge is 2.30. The third kappa shape index (κ3) is 3.94. The molecule has 34 heavy (non-hydrogen) atoms. The van der Waals surface area contributed by atoms with Crippen molar-refractivity contribution in [2.45, 2.75) is 6.18 Å². The fourth-order valence-electron chi connectivity index (χ4n) is 3.66. The highest BCUT2D eigenvalue weighted by molar-refractivity contribution is 5.94. The first kappa shape index (κ1) is 21.5. The first-order valence-corrected chi connectivity index (χ1v) is 10.2. The minimum atomic E-state index is -4.38. The van der Waals surface area contributed by atoms with Gasteiger partial charge in [0, 0.05) is 22.7 Å². The number of H-pyrrole nitrogens is 1. The second kappa shape index (κ2) is 8.22. The molecule has 0 radical (unpaired) electrons. The van der Waals surface area contributed by atoms with Gasteiger partial charge in [-0.3, -0.25) is 0 Å². The molecule has 0 aliphatic heterocycles. The summed E-state index contributed by atoms with van der Waals surface area (Å²) in [6.45, 7) is 0. The van der Waals surface area contributed by atoms with E-state index in [1.54, 1.807) is 26.4 Å². The molecule has 2 heterocycles. The molecule has 0 spiro atoms. The SMILES string of the molecule is COc1cc2ncnc(Nc3ccc4nc(-c5ccc(C(F)(F)F)cc5)[nH]c4c3)c2cc1OC. The molecule has 0 aliphatic carbocycles. The molecular formula is C24H18F3N5O2. The standard InChI is InChI=1S/C24H18F3N5O2/c1-33-20-10-16-18(11-21(20)34-2)28-12-29-23(16)30-15-7-8-17-19(9-15)32-22(31-17)13-3-5-14(6-4-13)24(25,26)27/h3-12H,1-2H3,(H,31,32)(H,28,29,30). The van der Waals surface area contributed by atoms with Crippen molar-refractivity contribution in [2.75, 3.05) is 19.5 Å². The number of fused-ring (bicyclic) bond motifs is 2. The normalized spacial score (nSPS) is 11.7.